The Morgan fingerprint density at radius 2 is 2.03 bits per heavy atom. The fourth-order valence-corrected chi connectivity index (χ4v) is 4.06. The van der Waals surface area contributed by atoms with Gasteiger partial charge in [0.25, 0.3) is 0 Å². The fraction of sp³-hybridized carbons (Fsp3) is 0.227. The second-order valence-corrected chi connectivity index (χ2v) is 8.32. The summed E-state index contributed by atoms with van der Waals surface area (Å²) in [5.74, 6) is 0.945. The number of ether oxygens (including phenoxy) is 1. The smallest absolute Gasteiger partial charge is 0.196 e. The monoisotopic (exact) mass is 456 g/mol. The lowest BCUT2D eigenvalue weighted by Gasteiger charge is -2.19. The highest BCUT2D eigenvalue weighted by Gasteiger charge is 2.21. The molecule has 0 amide bonds. The molecule has 1 aromatic carbocycles. The molecule has 1 atom stereocenters. The highest BCUT2D eigenvalue weighted by Crippen LogP contribution is 2.34. The van der Waals surface area contributed by atoms with E-state index in [2.05, 4.69) is 10.1 Å². The zero-order valence-corrected chi connectivity index (χ0v) is 19.0. The summed E-state index contributed by atoms with van der Waals surface area (Å²) in [7, 11) is 1.82. The summed E-state index contributed by atoms with van der Waals surface area (Å²) in [5.41, 5.74) is 3.16. The van der Waals surface area contributed by atoms with Gasteiger partial charge < -0.3 is 9.15 Å². The minimum atomic E-state index is -0.446. The van der Waals surface area contributed by atoms with Crippen molar-refractivity contribution in [1.29, 1.82) is 0 Å². The number of aryl methyl sites for hydroxylation is 2. The molecule has 1 unspecified atom stereocenters. The Balaban J connectivity index is 1.87. The molecule has 9 heteroatoms. The van der Waals surface area contributed by atoms with Gasteiger partial charge in [-0.3, -0.25) is 14.6 Å². The molecule has 0 aliphatic carbocycles. The summed E-state index contributed by atoms with van der Waals surface area (Å²) >= 11 is 6.92. The van der Waals surface area contributed by atoms with Crippen molar-refractivity contribution in [3.63, 3.8) is 0 Å². The Labute approximate surface area is 188 Å². The number of hydrogen-bond acceptors (Lipinski definition) is 7. The van der Waals surface area contributed by atoms with Crippen molar-refractivity contribution in [3.05, 3.63) is 68.6 Å². The van der Waals surface area contributed by atoms with Crippen LogP contribution in [0.5, 0.6) is 5.75 Å². The SMILES string of the molecule is Cc1cc(C(C)Oc2ccc(Cl)nc2SN)c2oc(-c3ccn(C)n3)c(C)c(=O)c2c1. The van der Waals surface area contributed by atoms with Gasteiger partial charge in [0.1, 0.15) is 22.5 Å². The predicted octanol–water partition coefficient (Wildman–Crippen LogP) is 4.96. The molecule has 0 saturated carbocycles. The molecular formula is C22H21ClN4O3S. The third-order valence-electron chi connectivity index (χ3n) is 4.98. The summed E-state index contributed by atoms with van der Waals surface area (Å²) in [6, 6.07) is 8.96. The van der Waals surface area contributed by atoms with E-state index in [0.29, 0.717) is 43.9 Å². The molecule has 0 spiro atoms. The van der Waals surface area contributed by atoms with Crippen molar-refractivity contribution in [2.75, 3.05) is 0 Å². The summed E-state index contributed by atoms with van der Waals surface area (Å²) in [5, 5.41) is 11.4. The van der Waals surface area contributed by atoms with Crippen molar-refractivity contribution in [3.8, 4) is 17.2 Å². The third-order valence-corrected chi connectivity index (χ3v) is 5.71. The number of nitrogens with zero attached hydrogens (tertiary/aromatic N) is 3. The first kappa shape index (κ1) is 21.4. The highest BCUT2D eigenvalue weighted by molar-refractivity contribution is 7.97. The molecule has 160 valence electrons. The molecule has 31 heavy (non-hydrogen) atoms. The number of fused-ring (bicyclic) bond motifs is 1. The Morgan fingerprint density at radius 1 is 1.26 bits per heavy atom. The lowest BCUT2D eigenvalue weighted by Crippen LogP contribution is -2.12. The summed E-state index contributed by atoms with van der Waals surface area (Å²) in [6.07, 6.45) is 1.36. The molecule has 0 bridgehead atoms. The predicted molar refractivity (Wildman–Crippen MR) is 122 cm³/mol. The minimum Gasteiger partial charge on any atom is -0.483 e. The van der Waals surface area contributed by atoms with Gasteiger partial charge in [-0.25, -0.2) is 4.98 Å². The van der Waals surface area contributed by atoms with Crippen LogP contribution in [0.3, 0.4) is 0 Å². The van der Waals surface area contributed by atoms with Crippen molar-refractivity contribution >= 4 is 34.5 Å². The van der Waals surface area contributed by atoms with E-state index in [0.717, 1.165) is 23.1 Å². The molecule has 2 N–H and O–H groups in total. The number of aromatic nitrogens is 3. The topological polar surface area (TPSA) is 96.2 Å². The van der Waals surface area contributed by atoms with Gasteiger partial charge in [0.05, 0.1) is 5.39 Å². The van der Waals surface area contributed by atoms with Crippen LogP contribution in [0, 0.1) is 13.8 Å². The number of rotatable bonds is 5. The summed E-state index contributed by atoms with van der Waals surface area (Å²) in [6.45, 7) is 5.57. The molecule has 7 nitrogen and oxygen atoms in total. The normalized spacial score (nSPS) is 12.3. The number of halogens is 1. The van der Waals surface area contributed by atoms with Gasteiger partial charge in [-0.2, -0.15) is 5.10 Å². The van der Waals surface area contributed by atoms with Crippen molar-refractivity contribution in [2.24, 2.45) is 12.2 Å². The van der Waals surface area contributed by atoms with E-state index in [1.54, 1.807) is 29.9 Å². The van der Waals surface area contributed by atoms with E-state index in [-0.39, 0.29) is 5.43 Å². The fourth-order valence-electron chi connectivity index (χ4n) is 3.48. The number of hydrogen-bond donors (Lipinski definition) is 1. The number of nitrogens with two attached hydrogens (primary N) is 1. The van der Waals surface area contributed by atoms with E-state index in [9.17, 15) is 4.79 Å². The Bertz CT molecular complexity index is 1350. The number of pyridine rings is 1. The third kappa shape index (κ3) is 4.06. The first-order chi connectivity index (χ1) is 14.8. The lowest BCUT2D eigenvalue weighted by molar-refractivity contribution is 0.219. The van der Waals surface area contributed by atoms with Gasteiger partial charge in [-0.05, 0) is 68.6 Å². The van der Waals surface area contributed by atoms with Gasteiger partial charge in [0, 0.05) is 24.4 Å². The van der Waals surface area contributed by atoms with Crippen molar-refractivity contribution < 1.29 is 9.15 Å². The molecule has 0 aliphatic heterocycles. The molecule has 0 radical (unpaired) electrons. The van der Waals surface area contributed by atoms with Gasteiger partial charge in [-0.15, -0.1) is 0 Å². The van der Waals surface area contributed by atoms with Crippen LogP contribution in [-0.2, 0) is 7.05 Å². The molecule has 0 aliphatic rings. The van der Waals surface area contributed by atoms with E-state index in [1.807, 2.05) is 39.1 Å². The molecule has 3 heterocycles. The van der Waals surface area contributed by atoms with Crippen LogP contribution in [0.1, 0.15) is 29.7 Å². The lowest BCUT2D eigenvalue weighted by atomic mass is 10.0. The largest absolute Gasteiger partial charge is 0.483 e. The average Bonchev–Trinajstić information content (AvgIpc) is 3.17. The van der Waals surface area contributed by atoms with Gasteiger partial charge >= 0.3 is 0 Å². The molecule has 4 aromatic rings. The second-order valence-electron chi connectivity index (χ2n) is 7.31. The van der Waals surface area contributed by atoms with Crippen molar-refractivity contribution in [1.82, 2.24) is 14.8 Å². The maximum atomic E-state index is 13.2. The van der Waals surface area contributed by atoms with Crippen LogP contribution in [-0.4, -0.2) is 14.8 Å². The zero-order valence-electron chi connectivity index (χ0n) is 17.5. The van der Waals surface area contributed by atoms with Crippen LogP contribution in [0.25, 0.3) is 22.4 Å². The number of benzene rings is 1. The van der Waals surface area contributed by atoms with E-state index in [4.69, 9.17) is 25.9 Å². The molecule has 3 aromatic heterocycles. The van der Waals surface area contributed by atoms with Crippen LogP contribution in [0.15, 0.2) is 50.8 Å². The van der Waals surface area contributed by atoms with Crippen LogP contribution >= 0.6 is 23.5 Å². The Kier molecular flexibility index (Phi) is 5.79. The standard InChI is InChI=1S/C22H21ClN4O3S/c1-11-9-14(13(3)29-17-5-6-18(23)25-22(17)31-24)21-15(10-11)19(28)12(2)20(30-21)16-7-8-27(4)26-16/h5-10,13H,24H2,1-4H3. The maximum Gasteiger partial charge on any atom is 0.196 e. The van der Waals surface area contributed by atoms with Crippen LogP contribution in [0.2, 0.25) is 5.15 Å². The first-order valence-corrected chi connectivity index (χ1v) is 10.8. The van der Waals surface area contributed by atoms with Gasteiger partial charge in [0.15, 0.2) is 22.0 Å². The van der Waals surface area contributed by atoms with Crippen LogP contribution in [0.4, 0.5) is 0 Å². The first-order valence-electron chi connectivity index (χ1n) is 9.56. The molecule has 0 fully saturated rings. The Morgan fingerprint density at radius 3 is 2.71 bits per heavy atom. The molecule has 0 saturated heterocycles. The minimum absolute atomic E-state index is 0.0922. The zero-order chi connectivity index (χ0) is 22.3. The van der Waals surface area contributed by atoms with E-state index >= 15 is 0 Å². The summed E-state index contributed by atoms with van der Waals surface area (Å²) < 4.78 is 14.1. The van der Waals surface area contributed by atoms with Gasteiger partial charge in [-0.1, -0.05) is 11.6 Å². The molecule has 4 rings (SSSR count). The highest BCUT2D eigenvalue weighted by atomic mass is 35.5. The average molecular weight is 457 g/mol. The Hall–Kier alpha value is -2.81. The van der Waals surface area contributed by atoms with Crippen molar-refractivity contribution in [2.45, 2.75) is 31.9 Å². The maximum absolute atomic E-state index is 13.2. The van der Waals surface area contributed by atoms with Gasteiger partial charge in [0.2, 0.25) is 0 Å². The van der Waals surface area contributed by atoms with E-state index in [1.165, 1.54) is 0 Å². The summed E-state index contributed by atoms with van der Waals surface area (Å²) in [4.78, 5) is 17.4. The van der Waals surface area contributed by atoms with E-state index < -0.39 is 6.10 Å². The second kappa shape index (κ2) is 8.37. The van der Waals surface area contributed by atoms with Crippen LogP contribution < -0.4 is 15.3 Å². The quantitative estimate of drug-likeness (QED) is 0.334. The molecular weight excluding hydrogens is 436 g/mol.